The number of aromatic nitrogens is 1. The van der Waals surface area contributed by atoms with Crippen molar-refractivity contribution >= 4 is 35.0 Å². The Hall–Kier alpha value is 0.0400. The molecule has 5 heteroatoms. The Bertz CT molecular complexity index is 309. The Morgan fingerprint density at radius 3 is 2.86 bits per heavy atom. The third-order valence-electron chi connectivity index (χ3n) is 1.59. The first-order chi connectivity index (χ1) is 6.63. The summed E-state index contributed by atoms with van der Waals surface area (Å²) in [6, 6.07) is 1.67. The minimum absolute atomic E-state index is 0.179. The number of rotatable bonds is 4. The molecule has 1 unspecified atom stereocenters. The second-order valence-electron chi connectivity index (χ2n) is 3.04. The minimum atomic E-state index is 0.179. The van der Waals surface area contributed by atoms with Gasteiger partial charge in [0.05, 0.1) is 10.0 Å². The Morgan fingerprint density at radius 1 is 1.57 bits per heavy atom. The van der Waals surface area contributed by atoms with E-state index in [9.17, 15) is 0 Å². The van der Waals surface area contributed by atoms with Crippen molar-refractivity contribution < 1.29 is 5.11 Å². The average Bonchev–Trinajstić information content (AvgIpc) is 2.16. The fraction of sp³-hybridized carbons (Fsp3) is 0.444. The van der Waals surface area contributed by atoms with Gasteiger partial charge >= 0.3 is 0 Å². The van der Waals surface area contributed by atoms with Crippen molar-refractivity contribution in [3.63, 3.8) is 0 Å². The van der Waals surface area contributed by atoms with Crippen LogP contribution in [0.5, 0.6) is 0 Å². The zero-order valence-electron chi connectivity index (χ0n) is 7.70. The number of hydrogen-bond acceptors (Lipinski definition) is 3. The monoisotopic (exact) mass is 251 g/mol. The Morgan fingerprint density at radius 2 is 2.29 bits per heavy atom. The van der Waals surface area contributed by atoms with Crippen LogP contribution in [0.1, 0.15) is 6.92 Å². The lowest BCUT2D eigenvalue weighted by molar-refractivity contribution is 0.250. The van der Waals surface area contributed by atoms with Crippen LogP contribution in [0.2, 0.25) is 10.0 Å². The quantitative estimate of drug-likeness (QED) is 0.836. The first kappa shape index (κ1) is 12.1. The molecule has 1 N–H and O–H groups in total. The Kier molecular flexibility index (Phi) is 5.02. The number of aliphatic hydroxyl groups is 1. The zero-order valence-corrected chi connectivity index (χ0v) is 10.0. The maximum Gasteiger partial charge on any atom is 0.115 e. The molecule has 0 aliphatic rings. The molecule has 0 aliphatic carbocycles. The molecule has 0 amide bonds. The van der Waals surface area contributed by atoms with Gasteiger partial charge in [0.2, 0.25) is 0 Å². The summed E-state index contributed by atoms with van der Waals surface area (Å²) in [5.74, 6) is 1.04. The van der Waals surface area contributed by atoms with E-state index < -0.39 is 0 Å². The lowest BCUT2D eigenvalue weighted by Gasteiger charge is -2.07. The largest absolute Gasteiger partial charge is 0.396 e. The third-order valence-corrected chi connectivity index (χ3v) is 3.53. The van der Waals surface area contributed by atoms with Gasteiger partial charge in [0.15, 0.2) is 0 Å². The van der Waals surface area contributed by atoms with Crippen molar-refractivity contribution in [2.75, 3.05) is 12.4 Å². The molecule has 1 atom stereocenters. The van der Waals surface area contributed by atoms with Crippen LogP contribution < -0.4 is 0 Å². The van der Waals surface area contributed by atoms with Crippen molar-refractivity contribution in [3.05, 3.63) is 22.3 Å². The van der Waals surface area contributed by atoms with E-state index in [0.29, 0.717) is 10.0 Å². The van der Waals surface area contributed by atoms with E-state index in [0.717, 1.165) is 10.8 Å². The van der Waals surface area contributed by atoms with Crippen LogP contribution in [0.3, 0.4) is 0 Å². The van der Waals surface area contributed by atoms with Crippen LogP contribution in [0.4, 0.5) is 0 Å². The fourth-order valence-corrected chi connectivity index (χ4v) is 2.20. The zero-order chi connectivity index (χ0) is 10.6. The number of pyridine rings is 1. The van der Waals surface area contributed by atoms with E-state index in [1.807, 2.05) is 6.92 Å². The van der Waals surface area contributed by atoms with E-state index in [1.54, 1.807) is 12.3 Å². The normalized spacial score (nSPS) is 12.9. The van der Waals surface area contributed by atoms with Gasteiger partial charge in [0, 0.05) is 18.6 Å². The summed E-state index contributed by atoms with van der Waals surface area (Å²) < 4.78 is 0. The van der Waals surface area contributed by atoms with Crippen LogP contribution in [-0.4, -0.2) is 22.5 Å². The number of hydrogen-bond donors (Lipinski definition) is 1. The van der Waals surface area contributed by atoms with Gasteiger partial charge in [-0.15, -0.1) is 11.8 Å². The van der Waals surface area contributed by atoms with Crippen molar-refractivity contribution in [3.8, 4) is 0 Å². The topological polar surface area (TPSA) is 33.1 Å². The van der Waals surface area contributed by atoms with Crippen LogP contribution in [0.15, 0.2) is 17.3 Å². The van der Waals surface area contributed by atoms with Gasteiger partial charge in [-0.2, -0.15) is 0 Å². The van der Waals surface area contributed by atoms with Crippen molar-refractivity contribution in [1.82, 2.24) is 4.98 Å². The van der Waals surface area contributed by atoms with Gasteiger partial charge in [-0.25, -0.2) is 4.98 Å². The van der Waals surface area contributed by atoms with Gasteiger partial charge in [0.25, 0.3) is 0 Å². The summed E-state index contributed by atoms with van der Waals surface area (Å²) >= 11 is 13.2. The molecule has 0 saturated heterocycles. The molecule has 0 aliphatic heterocycles. The lowest BCUT2D eigenvalue weighted by atomic mass is 10.2. The van der Waals surface area contributed by atoms with E-state index >= 15 is 0 Å². The molecule has 1 aromatic heterocycles. The van der Waals surface area contributed by atoms with Gasteiger partial charge < -0.3 is 5.11 Å². The number of thioether (sulfide) groups is 1. The average molecular weight is 252 g/mol. The first-order valence-electron chi connectivity index (χ1n) is 4.18. The van der Waals surface area contributed by atoms with Crippen LogP contribution in [0.25, 0.3) is 0 Å². The smallest absolute Gasteiger partial charge is 0.115 e. The van der Waals surface area contributed by atoms with E-state index in [1.165, 1.54) is 11.8 Å². The molecule has 78 valence electrons. The molecule has 1 heterocycles. The molecule has 0 spiro atoms. The predicted molar refractivity (Wildman–Crippen MR) is 61.2 cm³/mol. The second-order valence-corrected chi connectivity index (χ2v) is 4.89. The SMILES string of the molecule is CC(CO)CSc1ncc(Cl)cc1Cl. The molecular formula is C9H11Cl2NOS. The summed E-state index contributed by atoms with van der Waals surface area (Å²) in [6.45, 7) is 2.15. The number of halogens is 2. The highest BCUT2D eigenvalue weighted by Crippen LogP contribution is 2.28. The highest BCUT2D eigenvalue weighted by Gasteiger charge is 2.06. The summed E-state index contributed by atoms with van der Waals surface area (Å²) in [7, 11) is 0. The van der Waals surface area contributed by atoms with Crippen molar-refractivity contribution in [2.45, 2.75) is 11.9 Å². The second kappa shape index (κ2) is 5.81. The van der Waals surface area contributed by atoms with Crippen LogP contribution >= 0.6 is 35.0 Å². The Labute approximate surface area is 97.6 Å². The van der Waals surface area contributed by atoms with Gasteiger partial charge in [-0.3, -0.25) is 0 Å². The maximum absolute atomic E-state index is 8.84. The third kappa shape index (κ3) is 3.65. The van der Waals surface area contributed by atoms with E-state index in [4.69, 9.17) is 28.3 Å². The van der Waals surface area contributed by atoms with Crippen molar-refractivity contribution in [2.24, 2.45) is 5.92 Å². The minimum Gasteiger partial charge on any atom is -0.396 e. The van der Waals surface area contributed by atoms with Gasteiger partial charge in [0.1, 0.15) is 5.03 Å². The van der Waals surface area contributed by atoms with Crippen molar-refractivity contribution in [1.29, 1.82) is 0 Å². The van der Waals surface area contributed by atoms with Crippen LogP contribution in [0, 0.1) is 5.92 Å². The predicted octanol–water partition coefficient (Wildman–Crippen LogP) is 3.11. The molecule has 0 radical (unpaired) electrons. The molecule has 1 aromatic rings. The van der Waals surface area contributed by atoms with E-state index in [-0.39, 0.29) is 12.5 Å². The molecule has 1 rings (SSSR count). The summed E-state index contributed by atoms with van der Waals surface area (Å²) in [4.78, 5) is 4.10. The highest BCUT2D eigenvalue weighted by atomic mass is 35.5. The summed E-state index contributed by atoms with van der Waals surface area (Å²) in [5.41, 5.74) is 0. The van der Waals surface area contributed by atoms with Crippen LogP contribution in [-0.2, 0) is 0 Å². The molecule has 0 bridgehead atoms. The standard InChI is InChI=1S/C9H11Cl2NOS/c1-6(4-13)5-14-9-8(11)2-7(10)3-12-9/h2-3,6,13H,4-5H2,1H3. The van der Waals surface area contributed by atoms with E-state index in [2.05, 4.69) is 4.98 Å². The maximum atomic E-state index is 8.84. The first-order valence-corrected chi connectivity index (χ1v) is 5.92. The Balaban J connectivity index is 2.59. The summed E-state index contributed by atoms with van der Waals surface area (Å²) in [6.07, 6.45) is 1.57. The fourth-order valence-electron chi connectivity index (χ4n) is 0.782. The summed E-state index contributed by atoms with van der Waals surface area (Å²) in [5, 5.41) is 10.7. The van der Waals surface area contributed by atoms with Gasteiger partial charge in [-0.05, 0) is 12.0 Å². The van der Waals surface area contributed by atoms with Gasteiger partial charge in [-0.1, -0.05) is 30.1 Å². The highest BCUT2D eigenvalue weighted by molar-refractivity contribution is 7.99. The molecule has 2 nitrogen and oxygen atoms in total. The number of nitrogens with zero attached hydrogens (tertiary/aromatic N) is 1. The molecule has 14 heavy (non-hydrogen) atoms. The molecule has 0 saturated carbocycles. The molecular weight excluding hydrogens is 241 g/mol. The molecule has 0 aromatic carbocycles. The number of aliphatic hydroxyl groups excluding tert-OH is 1. The lowest BCUT2D eigenvalue weighted by Crippen LogP contribution is -2.03. The molecule has 0 fully saturated rings.